The maximum absolute atomic E-state index is 12.8. The quantitative estimate of drug-likeness (QED) is 0.550. The largest absolute Gasteiger partial charge is 0.449 e. The van der Waals surface area contributed by atoms with E-state index in [2.05, 4.69) is 0 Å². The van der Waals surface area contributed by atoms with E-state index >= 15 is 0 Å². The van der Waals surface area contributed by atoms with Crippen LogP contribution in [0.2, 0.25) is 0 Å². The molecule has 6 heteroatoms. The SMILES string of the molecule is O=C(CCN1CCSC1=O)OC(C(=O)c1ccccc1)c1ccccc1. The predicted octanol–water partition coefficient (Wildman–Crippen LogP) is 3.71. The fourth-order valence-corrected chi connectivity index (χ4v) is 3.55. The molecular weight excluding hydrogens is 350 g/mol. The topological polar surface area (TPSA) is 63.7 Å². The van der Waals surface area contributed by atoms with Crippen molar-refractivity contribution in [2.45, 2.75) is 12.5 Å². The van der Waals surface area contributed by atoms with Gasteiger partial charge in [0.25, 0.3) is 5.24 Å². The molecule has 134 valence electrons. The van der Waals surface area contributed by atoms with E-state index < -0.39 is 12.1 Å². The first-order chi connectivity index (χ1) is 12.6. The van der Waals surface area contributed by atoms with Gasteiger partial charge in [-0.05, 0) is 0 Å². The molecule has 1 amide bonds. The summed E-state index contributed by atoms with van der Waals surface area (Å²) in [7, 11) is 0. The predicted molar refractivity (Wildman–Crippen MR) is 100 cm³/mol. The lowest BCUT2D eigenvalue weighted by molar-refractivity contribution is -0.147. The Hall–Kier alpha value is -2.60. The average molecular weight is 369 g/mol. The van der Waals surface area contributed by atoms with E-state index in [0.29, 0.717) is 24.2 Å². The van der Waals surface area contributed by atoms with Crippen LogP contribution in [-0.2, 0) is 9.53 Å². The summed E-state index contributed by atoms with van der Waals surface area (Å²) in [5.74, 6) is -0.0155. The van der Waals surface area contributed by atoms with Gasteiger partial charge < -0.3 is 9.64 Å². The van der Waals surface area contributed by atoms with Crippen LogP contribution in [0.3, 0.4) is 0 Å². The van der Waals surface area contributed by atoms with Gasteiger partial charge in [0.1, 0.15) is 0 Å². The van der Waals surface area contributed by atoms with E-state index in [1.165, 1.54) is 11.8 Å². The molecule has 26 heavy (non-hydrogen) atoms. The highest BCUT2D eigenvalue weighted by Crippen LogP contribution is 2.24. The summed E-state index contributed by atoms with van der Waals surface area (Å²) in [6.07, 6.45) is -0.924. The van der Waals surface area contributed by atoms with Crippen LogP contribution in [0.5, 0.6) is 0 Å². The molecule has 1 heterocycles. The highest BCUT2D eigenvalue weighted by atomic mass is 32.2. The molecule has 0 spiro atoms. The number of esters is 1. The van der Waals surface area contributed by atoms with Gasteiger partial charge >= 0.3 is 5.97 Å². The fourth-order valence-electron chi connectivity index (χ4n) is 2.70. The number of hydrogen-bond donors (Lipinski definition) is 0. The van der Waals surface area contributed by atoms with Crippen LogP contribution in [0, 0.1) is 0 Å². The van der Waals surface area contributed by atoms with E-state index in [0.717, 1.165) is 5.75 Å². The number of rotatable bonds is 7. The fraction of sp³-hybridized carbons (Fsp3) is 0.250. The Kier molecular flexibility index (Phi) is 6.07. The molecule has 2 aromatic rings. The molecule has 1 aliphatic rings. The van der Waals surface area contributed by atoms with E-state index in [1.807, 2.05) is 12.1 Å². The maximum atomic E-state index is 12.8. The number of carbonyl (C=O) groups is 3. The summed E-state index contributed by atoms with van der Waals surface area (Å²) in [4.78, 5) is 38.4. The third-order valence-corrected chi connectivity index (χ3v) is 4.97. The second kappa shape index (κ2) is 8.67. The van der Waals surface area contributed by atoms with Gasteiger partial charge in [0.05, 0.1) is 6.42 Å². The summed E-state index contributed by atoms with van der Waals surface area (Å²) >= 11 is 1.25. The van der Waals surface area contributed by atoms with E-state index in [4.69, 9.17) is 4.74 Å². The standard InChI is InChI=1S/C20H19NO4S/c22-17(11-12-21-13-14-26-20(21)24)25-19(16-9-5-2-6-10-16)18(23)15-7-3-1-4-8-15/h1-10,19H,11-14H2. The van der Waals surface area contributed by atoms with Gasteiger partial charge in [-0.25, -0.2) is 0 Å². The van der Waals surface area contributed by atoms with E-state index in [-0.39, 0.29) is 17.4 Å². The minimum atomic E-state index is -0.991. The summed E-state index contributed by atoms with van der Waals surface area (Å²) in [5, 5.41) is -0.0160. The zero-order valence-electron chi connectivity index (χ0n) is 14.2. The van der Waals surface area contributed by atoms with Gasteiger partial charge in [0.2, 0.25) is 5.78 Å². The Labute approximate surface area is 156 Å². The molecule has 1 atom stereocenters. The van der Waals surface area contributed by atoms with Gasteiger partial charge in [-0.1, -0.05) is 72.4 Å². The van der Waals surface area contributed by atoms with Gasteiger partial charge in [0, 0.05) is 30.0 Å². The van der Waals surface area contributed by atoms with Crippen LogP contribution in [-0.4, -0.2) is 40.7 Å². The van der Waals surface area contributed by atoms with Crippen molar-refractivity contribution in [1.82, 2.24) is 4.90 Å². The molecule has 1 fully saturated rings. The van der Waals surface area contributed by atoms with Crippen LogP contribution < -0.4 is 0 Å². The second-order valence-corrected chi connectivity index (χ2v) is 6.91. The molecule has 1 saturated heterocycles. The smallest absolute Gasteiger partial charge is 0.308 e. The molecule has 3 rings (SSSR count). The number of nitrogens with zero attached hydrogens (tertiary/aromatic N) is 1. The maximum Gasteiger partial charge on any atom is 0.308 e. The monoisotopic (exact) mass is 369 g/mol. The number of Topliss-reactive ketones (excluding diaryl/α,β-unsaturated/α-hetero) is 1. The highest BCUT2D eigenvalue weighted by molar-refractivity contribution is 8.13. The summed E-state index contributed by atoms with van der Waals surface area (Å²) < 4.78 is 5.51. The van der Waals surface area contributed by atoms with Crippen LogP contribution in [0.15, 0.2) is 60.7 Å². The molecule has 0 saturated carbocycles. The number of thioether (sulfide) groups is 1. The van der Waals surface area contributed by atoms with Crippen LogP contribution in [0.1, 0.15) is 28.4 Å². The van der Waals surface area contributed by atoms with Crippen molar-refractivity contribution >= 4 is 28.8 Å². The van der Waals surface area contributed by atoms with Gasteiger partial charge in [-0.3, -0.25) is 14.4 Å². The Bertz CT molecular complexity index is 779. The first-order valence-corrected chi connectivity index (χ1v) is 9.39. The van der Waals surface area contributed by atoms with Gasteiger partial charge in [0.15, 0.2) is 6.10 Å². The third-order valence-electron chi connectivity index (χ3n) is 4.08. The molecule has 0 radical (unpaired) electrons. The Morgan fingerprint density at radius 3 is 2.31 bits per heavy atom. The van der Waals surface area contributed by atoms with Crippen molar-refractivity contribution in [1.29, 1.82) is 0 Å². The Balaban J connectivity index is 1.70. The number of benzene rings is 2. The minimum absolute atomic E-state index is 0.0160. The molecule has 1 unspecified atom stereocenters. The van der Waals surface area contributed by atoms with Crippen molar-refractivity contribution in [2.24, 2.45) is 0 Å². The lowest BCUT2D eigenvalue weighted by Gasteiger charge is -2.19. The molecular formula is C20H19NO4S. The number of hydrogen-bond acceptors (Lipinski definition) is 5. The summed E-state index contributed by atoms with van der Waals surface area (Å²) in [6, 6.07) is 17.7. The second-order valence-electron chi connectivity index (χ2n) is 5.86. The van der Waals surface area contributed by atoms with Gasteiger partial charge in [-0.2, -0.15) is 0 Å². The summed E-state index contributed by atoms with van der Waals surface area (Å²) in [5.41, 5.74) is 1.11. The van der Waals surface area contributed by atoms with Crippen molar-refractivity contribution < 1.29 is 19.1 Å². The zero-order chi connectivity index (χ0) is 18.4. The van der Waals surface area contributed by atoms with E-state index in [1.54, 1.807) is 53.4 Å². The van der Waals surface area contributed by atoms with Crippen LogP contribution in [0.25, 0.3) is 0 Å². The number of amides is 1. The lowest BCUT2D eigenvalue weighted by atomic mass is 10.00. The molecule has 0 aliphatic carbocycles. The van der Waals surface area contributed by atoms with E-state index in [9.17, 15) is 14.4 Å². The average Bonchev–Trinajstić information content (AvgIpc) is 3.10. The van der Waals surface area contributed by atoms with Crippen molar-refractivity contribution in [3.8, 4) is 0 Å². The minimum Gasteiger partial charge on any atom is -0.449 e. The zero-order valence-corrected chi connectivity index (χ0v) is 15.0. The van der Waals surface area contributed by atoms with Crippen molar-refractivity contribution in [2.75, 3.05) is 18.8 Å². The normalized spacial score (nSPS) is 14.9. The molecule has 0 bridgehead atoms. The lowest BCUT2D eigenvalue weighted by Crippen LogP contribution is -2.28. The Morgan fingerprint density at radius 2 is 1.69 bits per heavy atom. The van der Waals surface area contributed by atoms with Crippen LogP contribution >= 0.6 is 11.8 Å². The summed E-state index contributed by atoms with van der Waals surface area (Å²) in [6.45, 7) is 0.952. The number of carbonyl (C=O) groups excluding carboxylic acids is 3. The molecule has 5 nitrogen and oxygen atoms in total. The molecule has 1 aliphatic heterocycles. The van der Waals surface area contributed by atoms with Gasteiger partial charge in [-0.15, -0.1) is 0 Å². The van der Waals surface area contributed by atoms with Crippen molar-refractivity contribution in [3.05, 3.63) is 71.8 Å². The molecule has 0 N–H and O–H groups in total. The number of ketones is 1. The first kappa shape index (κ1) is 18.2. The van der Waals surface area contributed by atoms with Crippen molar-refractivity contribution in [3.63, 3.8) is 0 Å². The highest BCUT2D eigenvalue weighted by Gasteiger charge is 2.27. The molecule has 0 aromatic heterocycles. The third kappa shape index (κ3) is 4.52. The number of ether oxygens (including phenoxy) is 1. The van der Waals surface area contributed by atoms with Crippen LogP contribution in [0.4, 0.5) is 4.79 Å². The molecule has 2 aromatic carbocycles. The first-order valence-electron chi connectivity index (χ1n) is 8.40. The Morgan fingerprint density at radius 1 is 1.04 bits per heavy atom.